The van der Waals surface area contributed by atoms with Crippen molar-refractivity contribution in [1.82, 2.24) is 10.3 Å². The minimum Gasteiger partial charge on any atom is -0.451 e. The number of nitrogens with one attached hydrogen (secondary N) is 1. The van der Waals surface area contributed by atoms with E-state index in [0.717, 1.165) is 27.8 Å². The van der Waals surface area contributed by atoms with E-state index in [1.807, 2.05) is 50.2 Å². The number of aryl methyl sites for hydroxylation is 2. The molecule has 1 aromatic carbocycles. The molecule has 2 aromatic heterocycles. The predicted molar refractivity (Wildman–Crippen MR) is 104 cm³/mol. The number of carbonyl (C=O) groups excluding carboxylic acids is 1. The Bertz CT molecular complexity index is 958. The van der Waals surface area contributed by atoms with Crippen molar-refractivity contribution >= 4 is 16.9 Å². The third kappa shape index (κ3) is 3.60. The zero-order valence-corrected chi connectivity index (χ0v) is 15.6. The molecule has 0 bridgehead atoms. The molecule has 5 heteroatoms. The Morgan fingerprint density at radius 2 is 2.11 bits per heavy atom. The summed E-state index contributed by atoms with van der Waals surface area (Å²) in [5.41, 5.74) is 3.62. The highest BCUT2D eigenvalue weighted by atomic mass is 16.3. The summed E-state index contributed by atoms with van der Waals surface area (Å²) in [4.78, 5) is 17.3. The molecule has 1 fully saturated rings. The van der Waals surface area contributed by atoms with E-state index in [1.54, 1.807) is 6.20 Å². The van der Waals surface area contributed by atoms with Gasteiger partial charge in [0.05, 0.1) is 6.10 Å². The van der Waals surface area contributed by atoms with Gasteiger partial charge in [0, 0.05) is 35.3 Å². The summed E-state index contributed by atoms with van der Waals surface area (Å²) in [6, 6.07) is 11.7. The number of hydrogen-bond acceptors (Lipinski definition) is 4. The van der Waals surface area contributed by atoms with Gasteiger partial charge in [0.2, 0.25) is 0 Å². The SMILES string of the molecule is Cc1ccc2c(C)c(C(=O)NC(Cc3ccccn3)C3CC(O)C3)oc2c1. The molecule has 1 atom stereocenters. The first-order valence-corrected chi connectivity index (χ1v) is 9.40. The smallest absolute Gasteiger partial charge is 0.287 e. The van der Waals surface area contributed by atoms with Crippen LogP contribution in [-0.4, -0.2) is 28.1 Å². The fraction of sp³-hybridized carbons (Fsp3) is 0.364. The van der Waals surface area contributed by atoms with Crippen LogP contribution in [0.2, 0.25) is 0 Å². The minimum absolute atomic E-state index is 0.0786. The number of aliphatic hydroxyl groups excluding tert-OH is 1. The molecule has 0 saturated heterocycles. The second-order valence-corrected chi connectivity index (χ2v) is 7.55. The van der Waals surface area contributed by atoms with Crippen molar-refractivity contribution in [2.75, 3.05) is 0 Å². The summed E-state index contributed by atoms with van der Waals surface area (Å²) in [5.74, 6) is 0.406. The molecule has 5 nitrogen and oxygen atoms in total. The van der Waals surface area contributed by atoms with Gasteiger partial charge in [-0.05, 0) is 56.4 Å². The molecule has 3 aromatic rings. The van der Waals surface area contributed by atoms with Gasteiger partial charge in [-0.1, -0.05) is 18.2 Å². The van der Waals surface area contributed by atoms with Gasteiger partial charge >= 0.3 is 0 Å². The highest BCUT2D eigenvalue weighted by Crippen LogP contribution is 2.32. The molecular weight excluding hydrogens is 340 g/mol. The molecule has 4 rings (SSSR count). The molecule has 140 valence electrons. The van der Waals surface area contributed by atoms with Gasteiger partial charge in [0.25, 0.3) is 5.91 Å². The van der Waals surface area contributed by atoms with Crippen LogP contribution in [0.3, 0.4) is 0 Å². The van der Waals surface area contributed by atoms with Crippen LogP contribution in [0.15, 0.2) is 47.0 Å². The topological polar surface area (TPSA) is 75.4 Å². The summed E-state index contributed by atoms with van der Waals surface area (Å²) < 4.78 is 5.87. The summed E-state index contributed by atoms with van der Waals surface area (Å²) in [6.45, 7) is 3.92. The number of hydrogen-bond donors (Lipinski definition) is 2. The van der Waals surface area contributed by atoms with Crippen molar-refractivity contribution < 1.29 is 14.3 Å². The molecule has 1 amide bonds. The summed E-state index contributed by atoms with van der Waals surface area (Å²) >= 11 is 0. The number of amides is 1. The van der Waals surface area contributed by atoms with Crippen LogP contribution in [0, 0.1) is 19.8 Å². The Hall–Kier alpha value is -2.66. The fourth-order valence-electron chi connectivity index (χ4n) is 3.82. The molecule has 1 aliphatic carbocycles. The molecule has 1 saturated carbocycles. The Morgan fingerprint density at radius 3 is 2.81 bits per heavy atom. The maximum absolute atomic E-state index is 13.0. The highest BCUT2D eigenvalue weighted by molar-refractivity contribution is 5.99. The Kier molecular flexibility index (Phi) is 4.70. The van der Waals surface area contributed by atoms with Crippen LogP contribution in [0.5, 0.6) is 0 Å². The lowest BCUT2D eigenvalue weighted by Gasteiger charge is -2.37. The first-order chi connectivity index (χ1) is 13.0. The number of fused-ring (bicyclic) bond motifs is 1. The van der Waals surface area contributed by atoms with Crippen molar-refractivity contribution in [3.63, 3.8) is 0 Å². The van der Waals surface area contributed by atoms with E-state index in [-0.39, 0.29) is 24.0 Å². The van der Waals surface area contributed by atoms with Crippen LogP contribution >= 0.6 is 0 Å². The summed E-state index contributed by atoms with van der Waals surface area (Å²) in [5, 5.41) is 13.8. The number of nitrogens with zero attached hydrogens (tertiary/aromatic N) is 1. The normalized spacial score (nSPS) is 20.3. The van der Waals surface area contributed by atoms with E-state index in [1.165, 1.54) is 0 Å². The fourth-order valence-corrected chi connectivity index (χ4v) is 3.82. The van der Waals surface area contributed by atoms with Gasteiger partial charge in [-0.15, -0.1) is 0 Å². The van der Waals surface area contributed by atoms with E-state index >= 15 is 0 Å². The van der Waals surface area contributed by atoms with Gasteiger partial charge in [-0.3, -0.25) is 9.78 Å². The Balaban J connectivity index is 1.57. The number of aliphatic hydroxyl groups is 1. The number of benzene rings is 1. The molecule has 0 spiro atoms. The van der Waals surface area contributed by atoms with E-state index in [9.17, 15) is 9.90 Å². The highest BCUT2D eigenvalue weighted by Gasteiger charge is 2.35. The third-order valence-corrected chi connectivity index (χ3v) is 5.49. The lowest BCUT2D eigenvalue weighted by atomic mass is 9.76. The lowest BCUT2D eigenvalue weighted by Crippen LogP contribution is -2.48. The monoisotopic (exact) mass is 364 g/mol. The average molecular weight is 364 g/mol. The summed E-state index contributed by atoms with van der Waals surface area (Å²) in [7, 11) is 0. The second kappa shape index (κ2) is 7.16. The number of pyridine rings is 1. The molecule has 1 aliphatic rings. The zero-order chi connectivity index (χ0) is 19.0. The van der Waals surface area contributed by atoms with Crippen LogP contribution in [0.25, 0.3) is 11.0 Å². The van der Waals surface area contributed by atoms with E-state index in [4.69, 9.17) is 4.42 Å². The van der Waals surface area contributed by atoms with Crippen molar-refractivity contribution in [2.45, 2.75) is 45.3 Å². The Labute approximate surface area is 158 Å². The van der Waals surface area contributed by atoms with Crippen LogP contribution < -0.4 is 5.32 Å². The van der Waals surface area contributed by atoms with Gasteiger partial charge in [0.15, 0.2) is 5.76 Å². The maximum atomic E-state index is 13.0. The summed E-state index contributed by atoms with van der Waals surface area (Å²) in [6.07, 6.45) is 3.54. The molecule has 2 heterocycles. The molecule has 0 radical (unpaired) electrons. The first-order valence-electron chi connectivity index (χ1n) is 9.40. The van der Waals surface area contributed by atoms with Crippen LogP contribution in [0.1, 0.15) is 40.2 Å². The number of carbonyl (C=O) groups is 1. The third-order valence-electron chi connectivity index (χ3n) is 5.49. The zero-order valence-electron chi connectivity index (χ0n) is 15.6. The maximum Gasteiger partial charge on any atom is 0.287 e. The van der Waals surface area contributed by atoms with Gasteiger partial charge in [-0.2, -0.15) is 0 Å². The number of furan rings is 1. The lowest BCUT2D eigenvalue weighted by molar-refractivity contribution is 0.0235. The van der Waals surface area contributed by atoms with E-state index in [0.29, 0.717) is 25.0 Å². The van der Waals surface area contributed by atoms with Crippen molar-refractivity contribution in [1.29, 1.82) is 0 Å². The van der Waals surface area contributed by atoms with Crippen molar-refractivity contribution in [3.8, 4) is 0 Å². The quantitative estimate of drug-likeness (QED) is 0.726. The van der Waals surface area contributed by atoms with E-state index < -0.39 is 0 Å². The van der Waals surface area contributed by atoms with Gasteiger partial charge in [0.1, 0.15) is 5.58 Å². The minimum atomic E-state index is -0.269. The largest absolute Gasteiger partial charge is 0.451 e. The predicted octanol–water partition coefficient (Wildman–Crippen LogP) is 3.56. The first kappa shape index (κ1) is 17.7. The van der Waals surface area contributed by atoms with Crippen molar-refractivity contribution in [3.05, 3.63) is 65.2 Å². The molecule has 0 aliphatic heterocycles. The van der Waals surface area contributed by atoms with Crippen LogP contribution in [-0.2, 0) is 6.42 Å². The van der Waals surface area contributed by atoms with Crippen LogP contribution in [0.4, 0.5) is 0 Å². The number of aromatic nitrogens is 1. The standard InChI is InChI=1S/C22H24N2O3/c1-13-6-7-18-14(2)21(27-20(18)9-13)22(26)24-19(15-10-17(25)11-15)12-16-5-3-4-8-23-16/h3-9,15,17,19,25H,10-12H2,1-2H3,(H,24,26). The number of rotatable bonds is 5. The van der Waals surface area contributed by atoms with Gasteiger partial charge < -0.3 is 14.8 Å². The molecular formula is C22H24N2O3. The Morgan fingerprint density at radius 1 is 1.30 bits per heavy atom. The second-order valence-electron chi connectivity index (χ2n) is 7.55. The average Bonchev–Trinajstić information content (AvgIpc) is 2.95. The molecule has 27 heavy (non-hydrogen) atoms. The van der Waals surface area contributed by atoms with Gasteiger partial charge in [-0.25, -0.2) is 0 Å². The van der Waals surface area contributed by atoms with Crippen molar-refractivity contribution in [2.24, 2.45) is 5.92 Å². The molecule has 1 unspecified atom stereocenters. The molecule has 2 N–H and O–H groups in total. The van der Waals surface area contributed by atoms with E-state index in [2.05, 4.69) is 10.3 Å².